The molecular weight excluding hydrogens is 282 g/mol. The summed E-state index contributed by atoms with van der Waals surface area (Å²) in [5.74, 6) is 0. The number of hydrogen-bond acceptors (Lipinski definition) is 5. The largest absolute Gasteiger partial charge is 0.387 e. The molecule has 1 saturated heterocycles. The minimum absolute atomic E-state index is 0.0236. The number of non-ortho nitro benzene ring substituents is 1. The Balaban J connectivity index is 1.92. The molecule has 1 aromatic rings. The molecule has 22 heavy (non-hydrogen) atoms. The van der Waals surface area contributed by atoms with Crippen molar-refractivity contribution in [3.05, 3.63) is 39.9 Å². The van der Waals surface area contributed by atoms with Gasteiger partial charge in [-0.2, -0.15) is 0 Å². The first kappa shape index (κ1) is 16.9. The van der Waals surface area contributed by atoms with Gasteiger partial charge in [-0.05, 0) is 45.1 Å². The number of piperidine rings is 1. The fraction of sp³-hybridized carbons (Fsp3) is 0.625. The van der Waals surface area contributed by atoms with E-state index in [9.17, 15) is 15.2 Å². The van der Waals surface area contributed by atoms with Gasteiger partial charge in [0.15, 0.2) is 0 Å². The quantitative estimate of drug-likeness (QED) is 0.643. The summed E-state index contributed by atoms with van der Waals surface area (Å²) in [6, 6.07) is 6.73. The van der Waals surface area contributed by atoms with Crippen LogP contribution in [0.4, 0.5) is 5.69 Å². The lowest BCUT2D eigenvalue weighted by Crippen LogP contribution is -2.44. The number of rotatable bonds is 6. The molecule has 0 spiro atoms. The van der Waals surface area contributed by atoms with Crippen LogP contribution in [0.25, 0.3) is 0 Å². The van der Waals surface area contributed by atoms with E-state index in [2.05, 4.69) is 16.7 Å². The van der Waals surface area contributed by atoms with E-state index >= 15 is 0 Å². The summed E-state index contributed by atoms with van der Waals surface area (Å²) < 4.78 is 0. The molecule has 0 saturated carbocycles. The van der Waals surface area contributed by atoms with Gasteiger partial charge in [-0.1, -0.05) is 19.1 Å². The van der Waals surface area contributed by atoms with Crippen molar-refractivity contribution in [2.45, 2.75) is 31.9 Å². The lowest BCUT2D eigenvalue weighted by molar-refractivity contribution is -0.385. The van der Waals surface area contributed by atoms with Crippen LogP contribution in [0, 0.1) is 10.1 Å². The highest BCUT2D eigenvalue weighted by Crippen LogP contribution is 2.22. The summed E-state index contributed by atoms with van der Waals surface area (Å²) in [4.78, 5) is 15.0. The maximum Gasteiger partial charge on any atom is 0.269 e. The first-order valence-corrected chi connectivity index (χ1v) is 7.86. The normalized spacial score (nSPS) is 18.5. The number of aliphatic hydroxyl groups excluding tert-OH is 1. The number of nitrogens with zero attached hydrogens (tertiary/aromatic N) is 3. The van der Waals surface area contributed by atoms with Gasteiger partial charge in [0, 0.05) is 24.7 Å². The van der Waals surface area contributed by atoms with Crippen molar-refractivity contribution in [1.82, 2.24) is 9.80 Å². The van der Waals surface area contributed by atoms with Gasteiger partial charge >= 0.3 is 0 Å². The average Bonchev–Trinajstić information content (AvgIpc) is 2.54. The molecule has 1 atom stereocenters. The monoisotopic (exact) mass is 307 g/mol. The molecule has 0 aliphatic carbocycles. The van der Waals surface area contributed by atoms with Crippen LogP contribution in [0.2, 0.25) is 0 Å². The molecule has 0 radical (unpaired) electrons. The van der Waals surface area contributed by atoms with Crippen molar-refractivity contribution in [3.8, 4) is 0 Å². The highest BCUT2D eigenvalue weighted by atomic mass is 16.6. The van der Waals surface area contributed by atoms with E-state index in [0.29, 0.717) is 18.2 Å². The maximum absolute atomic E-state index is 10.8. The third-order valence-corrected chi connectivity index (χ3v) is 4.55. The second kappa shape index (κ2) is 7.67. The van der Waals surface area contributed by atoms with Crippen LogP contribution >= 0.6 is 0 Å². The summed E-state index contributed by atoms with van der Waals surface area (Å²) >= 11 is 0. The van der Waals surface area contributed by atoms with Gasteiger partial charge in [0.1, 0.15) is 0 Å². The van der Waals surface area contributed by atoms with E-state index in [1.165, 1.54) is 12.1 Å². The lowest BCUT2D eigenvalue weighted by Gasteiger charge is -2.37. The smallest absolute Gasteiger partial charge is 0.269 e. The molecule has 2 rings (SSSR count). The minimum atomic E-state index is -0.700. The van der Waals surface area contributed by atoms with E-state index in [0.717, 1.165) is 32.5 Å². The number of nitro groups is 1. The summed E-state index contributed by atoms with van der Waals surface area (Å²) in [6.45, 7) is 5.96. The highest BCUT2D eigenvalue weighted by molar-refractivity contribution is 5.35. The summed E-state index contributed by atoms with van der Waals surface area (Å²) in [5.41, 5.74) is 0.627. The van der Waals surface area contributed by atoms with E-state index in [1.54, 1.807) is 12.1 Å². The molecule has 1 unspecified atom stereocenters. The van der Waals surface area contributed by atoms with Crippen LogP contribution in [-0.2, 0) is 0 Å². The zero-order valence-corrected chi connectivity index (χ0v) is 13.3. The van der Waals surface area contributed by atoms with Crippen LogP contribution in [0.1, 0.15) is 31.4 Å². The molecular formula is C16H25N3O3. The molecule has 1 fully saturated rings. The maximum atomic E-state index is 10.8. The van der Waals surface area contributed by atoms with Crippen molar-refractivity contribution >= 4 is 5.69 Å². The van der Waals surface area contributed by atoms with E-state index < -0.39 is 11.0 Å². The van der Waals surface area contributed by atoms with Crippen molar-refractivity contribution in [2.75, 3.05) is 33.2 Å². The molecule has 1 aliphatic heterocycles. The molecule has 1 heterocycles. The average molecular weight is 307 g/mol. The fourth-order valence-electron chi connectivity index (χ4n) is 3.05. The molecule has 1 aliphatic rings. The predicted molar refractivity (Wildman–Crippen MR) is 85.8 cm³/mol. The molecule has 1 N–H and O–H groups in total. The van der Waals surface area contributed by atoms with Crippen LogP contribution in [-0.4, -0.2) is 59.1 Å². The first-order valence-electron chi connectivity index (χ1n) is 7.86. The Morgan fingerprint density at radius 2 is 2.14 bits per heavy atom. The second-order valence-corrected chi connectivity index (χ2v) is 5.97. The van der Waals surface area contributed by atoms with Crippen molar-refractivity contribution in [2.24, 2.45) is 0 Å². The Morgan fingerprint density at radius 3 is 2.73 bits per heavy atom. The first-order chi connectivity index (χ1) is 10.5. The van der Waals surface area contributed by atoms with E-state index in [-0.39, 0.29) is 5.69 Å². The minimum Gasteiger partial charge on any atom is -0.387 e. The highest BCUT2D eigenvalue weighted by Gasteiger charge is 2.23. The summed E-state index contributed by atoms with van der Waals surface area (Å²) in [5, 5.41) is 21.2. The zero-order valence-electron chi connectivity index (χ0n) is 13.3. The third kappa shape index (κ3) is 4.25. The lowest BCUT2D eigenvalue weighted by atomic mass is 10.0. The molecule has 0 bridgehead atoms. The van der Waals surface area contributed by atoms with Gasteiger partial charge in [-0.25, -0.2) is 0 Å². The zero-order chi connectivity index (χ0) is 16.1. The topological polar surface area (TPSA) is 69.8 Å². The Kier molecular flexibility index (Phi) is 5.88. The Hall–Kier alpha value is -1.50. The van der Waals surface area contributed by atoms with Gasteiger partial charge in [0.2, 0.25) is 0 Å². The van der Waals surface area contributed by atoms with Gasteiger partial charge < -0.3 is 14.9 Å². The van der Waals surface area contributed by atoms with Gasteiger partial charge in [-0.15, -0.1) is 0 Å². The molecule has 6 heteroatoms. The SMILES string of the molecule is CCN1CCC(N(C)CC(O)c2cccc([N+](=O)[O-])c2)CC1. The van der Waals surface area contributed by atoms with Crippen LogP contribution in [0.15, 0.2) is 24.3 Å². The standard InChI is InChI=1S/C16H25N3O3/c1-3-18-9-7-14(8-10-18)17(2)12-16(20)13-5-4-6-15(11-13)19(21)22/h4-6,11,14,16,20H,3,7-10,12H2,1-2H3. The molecule has 1 aromatic carbocycles. The molecule has 0 aromatic heterocycles. The van der Waals surface area contributed by atoms with Crippen LogP contribution < -0.4 is 0 Å². The Morgan fingerprint density at radius 1 is 1.45 bits per heavy atom. The van der Waals surface area contributed by atoms with Gasteiger partial charge in [0.25, 0.3) is 5.69 Å². The number of nitro benzene ring substituents is 1. The Bertz CT molecular complexity index is 501. The number of likely N-dealkylation sites (tertiary alicyclic amines) is 1. The molecule has 6 nitrogen and oxygen atoms in total. The number of aliphatic hydroxyl groups is 1. The molecule has 122 valence electrons. The van der Waals surface area contributed by atoms with Crippen molar-refractivity contribution in [3.63, 3.8) is 0 Å². The second-order valence-electron chi connectivity index (χ2n) is 5.97. The summed E-state index contributed by atoms with van der Waals surface area (Å²) in [7, 11) is 2.02. The van der Waals surface area contributed by atoms with Crippen LogP contribution in [0.5, 0.6) is 0 Å². The van der Waals surface area contributed by atoms with E-state index in [4.69, 9.17) is 0 Å². The van der Waals surface area contributed by atoms with Gasteiger partial charge in [-0.3, -0.25) is 10.1 Å². The van der Waals surface area contributed by atoms with Crippen LogP contribution in [0.3, 0.4) is 0 Å². The number of likely N-dealkylation sites (N-methyl/N-ethyl adjacent to an activating group) is 1. The number of hydrogen-bond donors (Lipinski definition) is 1. The fourth-order valence-corrected chi connectivity index (χ4v) is 3.05. The predicted octanol–water partition coefficient (Wildman–Crippen LogP) is 2.04. The third-order valence-electron chi connectivity index (χ3n) is 4.55. The Labute approximate surface area is 131 Å². The number of benzene rings is 1. The summed E-state index contributed by atoms with van der Waals surface area (Å²) in [6.07, 6.45) is 1.51. The van der Waals surface area contributed by atoms with Gasteiger partial charge in [0.05, 0.1) is 11.0 Å². The van der Waals surface area contributed by atoms with Crippen molar-refractivity contribution in [1.29, 1.82) is 0 Å². The van der Waals surface area contributed by atoms with E-state index in [1.807, 2.05) is 7.05 Å². The van der Waals surface area contributed by atoms with Crippen molar-refractivity contribution < 1.29 is 10.0 Å². The molecule has 0 amide bonds.